The fourth-order valence-corrected chi connectivity index (χ4v) is 1.16. The molecule has 0 aromatic heterocycles. The summed E-state index contributed by atoms with van der Waals surface area (Å²) in [6.45, 7) is 15.3. The maximum atomic E-state index is 10.4. The van der Waals surface area contributed by atoms with Gasteiger partial charge in [-0.05, 0) is 39.4 Å². The van der Waals surface area contributed by atoms with Gasteiger partial charge in [0.05, 0.1) is 0 Å². The van der Waals surface area contributed by atoms with Gasteiger partial charge in [-0.3, -0.25) is 0 Å². The monoisotopic (exact) mass is 271 g/mol. The second-order valence-electron chi connectivity index (χ2n) is 4.12. The maximum Gasteiger partial charge on any atom is 0.330 e. The van der Waals surface area contributed by atoms with Crippen molar-refractivity contribution in [3.8, 4) is 0 Å². The molecular formula is C14H25NO4. The van der Waals surface area contributed by atoms with Crippen LogP contribution in [0.2, 0.25) is 0 Å². The third-order valence-electron chi connectivity index (χ3n) is 2.51. The Bertz CT molecular complexity index is 307. The SMILES string of the molecule is C=C(C)C(=O)O.C=C(CCCN(CC)CC)C(=O)O. The molecule has 0 aliphatic heterocycles. The molecule has 0 spiro atoms. The lowest BCUT2D eigenvalue weighted by Gasteiger charge is -2.17. The Hall–Kier alpha value is -1.62. The summed E-state index contributed by atoms with van der Waals surface area (Å²) in [6.07, 6.45) is 1.47. The zero-order chi connectivity index (χ0) is 15.4. The lowest BCUT2D eigenvalue weighted by molar-refractivity contribution is -0.133. The third kappa shape index (κ3) is 12.6. The number of carbonyl (C=O) groups is 2. The summed E-state index contributed by atoms with van der Waals surface area (Å²) in [7, 11) is 0. The molecule has 0 aromatic carbocycles. The van der Waals surface area contributed by atoms with Crippen molar-refractivity contribution in [3.05, 3.63) is 24.3 Å². The van der Waals surface area contributed by atoms with Gasteiger partial charge in [0, 0.05) is 11.1 Å². The summed E-state index contributed by atoms with van der Waals surface area (Å²) in [6, 6.07) is 0. The number of hydrogen-bond acceptors (Lipinski definition) is 3. The van der Waals surface area contributed by atoms with Crippen LogP contribution in [0.1, 0.15) is 33.6 Å². The van der Waals surface area contributed by atoms with Crippen LogP contribution in [0, 0.1) is 0 Å². The zero-order valence-corrected chi connectivity index (χ0v) is 12.1. The molecule has 19 heavy (non-hydrogen) atoms. The van der Waals surface area contributed by atoms with Crippen molar-refractivity contribution < 1.29 is 19.8 Å². The average molecular weight is 271 g/mol. The van der Waals surface area contributed by atoms with E-state index in [1.165, 1.54) is 6.92 Å². The predicted molar refractivity (Wildman–Crippen MR) is 76.2 cm³/mol. The molecule has 0 heterocycles. The van der Waals surface area contributed by atoms with Gasteiger partial charge in [-0.25, -0.2) is 9.59 Å². The minimum absolute atomic E-state index is 0.176. The minimum Gasteiger partial charge on any atom is -0.478 e. The highest BCUT2D eigenvalue weighted by Gasteiger charge is 2.04. The van der Waals surface area contributed by atoms with E-state index in [4.69, 9.17) is 10.2 Å². The van der Waals surface area contributed by atoms with E-state index >= 15 is 0 Å². The van der Waals surface area contributed by atoms with Crippen LogP contribution in [0.3, 0.4) is 0 Å². The third-order valence-corrected chi connectivity index (χ3v) is 2.51. The van der Waals surface area contributed by atoms with E-state index in [1.54, 1.807) is 0 Å². The Morgan fingerprint density at radius 1 is 1.05 bits per heavy atom. The van der Waals surface area contributed by atoms with Gasteiger partial charge < -0.3 is 15.1 Å². The molecule has 0 bridgehead atoms. The van der Waals surface area contributed by atoms with Crippen LogP contribution < -0.4 is 0 Å². The van der Waals surface area contributed by atoms with Crippen LogP contribution >= 0.6 is 0 Å². The fraction of sp³-hybridized carbons (Fsp3) is 0.571. The van der Waals surface area contributed by atoms with E-state index < -0.39 is 11.9 Å². The van der Waals surface area contributed by atoms with E-state index in [-0.39, 0.29) is 5.57 Å². The Kier molecular flexibility index (Phi) is 11.9. The van der Waals surface area contributed by atoms with Crippen molar-refractivity contribution in [2.75, 3.05) is 19.6 Å². The van der Waals surface area contributed by atoms with Crippen molar-refractivity contribution in [1.82, 2.24) is 4.90 Å². The molecule has 110 valence electrons. The molecule has 0 atom stereocenters. The molecule has 5 nitrogen and oxygen atoms in total. The molecule has 0 saturated carbocycles. The maximum absolute atomic E-state index is 10.4. The summed E-state index contributed by atoms with van der Waals surface area (Å²) in [5.41, 5.74) is 0.488. The first kappa shape index (κ1) is 19.7. The standard InChI is InChI=1S/C10H19NO2.C4H6O2/c1-4-11(5-2)8-6-7-9(3)10(12)13;1-3(2)4(5)6/h3-8H2,1-2H3,(H,12,13);1H2,2H3,(H,5,6). The van der Waals surface area contributed by atoms with Crippen molar-refractivity contribution in [1.29, 1.82) is 0 Å². The van der Waals surface area contributed by atoms with E-state index in [9.17, 15) is 9.59 Å². The highest BCUT2D eigenvalue weighted by molar-refractivity contribution is 5.85. The van der Waals surface area contributed by atoms with Gasteiger partial charge in [-0.2, -0.15) is 0 Å². The Labute approximate surface area is 115 Å². The molecule has 0 aliphatic rings. The summed E-state index contributed by atoms with van der Waals surface area (Å²) in [4.78, 5) is 22.3. The second-order valence-corrected chi connectivity index (χ2v) is 4.12. The lowest BCUT2D eigenvalue weighted by Crippen LogP contribution is -2.24. The first-order valence-electron chi connectivity index (χ1n) is 6.28. The molecule has 0 aromatic rings. The smallest absolute Gasteiger partial charge is 0.330 e. The fourth-order valence-electron chi connectivity index (χ4n) is 1.16. The van der Waals surface area contributed by atoms with Gasteiger partial charge in [0.2, 0.25) is 0 Å². The van der Waals surface area contributed by atoms with Crippen molar-refractivity contribution in [3.63, 3.8) is 0 Å². The van der Waals surface area contributed by atoms with Gasteiger partial charge in [0.15, 0.2) is 0 Å². The van der Waals surface area contributed by atoms with Crippen LogP contribution in [-0.4, -0.2) is 46.7 Å². The van der Waals surface area contributed by atoms with Crippen molar-refractivity contribution in [2.45, 2.75) is 33.6 Å². The normalized spacial score (nSPS) is 9.47. The Morgan fingerprint density at radius 2 is 1.47 bits per heavy atom. The van der Waals surface area contributed by atoms with Crippen molar-refractivity contribution >= 4 is 11.9 Å². The largest absolute Gasteiger partial charge is 0.478 e. The molecule has 0 radical (unpaired) electrons. The van der Waals surface area contributed by atoms with Gasteiger partial charge in [0.25, 0.3) is 0 Å². The molecule has 2 N–H and O–H groups in total. The average Bonchev–Trinajstić information content (AvgIpc) is 2.34. The molecule has 0 saturated heterocycles. The Morgan fingerprint density at radius 3 is 1.74 bits per heavy atom. The van der Waals surface area contributed by atoms with E-state index in [1.807, 2.05) is 0 Å². The number of carboxylic acids is 2. The molecule has 5 heteroatoms. The van der Waals surface area contributed by atoms with Gasteiger partial charge in [-0.1, -0.05) is 27.0 Å². The number of aliphatic carboxylic acids is 2. The number of rotatable bonds is 8. The van der Waals surface area contributed by atoms with E-state index in [2.05, 4.69) is 31.9 Å². The van der Waals surface area contributed by atoms with Crippen molar-refractivity contribution in [2.24, 2.45) is 0 Å². The highest BCUT2D eigenvalue weighted by atomic mass is 16.4. The molecular weight excluding hydrogens is 246 g/mol. The number of nitrogens with zero attached hydrogens (tertiary/aromatic N) is 1. The highest BCUT2D eigenvalue weighted by Crippen LogP contribution is 2.03. The molecule has 0 aliphatic carbocycles. The van der Waals surface area contributed by atoms with E-state index in [0.717, 1.165) is 26.1 Å². The molecule has 0 fully saturated rings. The second kappa shape index (κ2) is 11.5. The van der Waals surface area contributed by atoms with Gasteiger partial charge >= 0.3 is 11.9 Å². The molecule has 0 rings (SSSR count). The summed E-state index contributed by atoms with van der Waals surface area (Å²) >= 11 is 0. The summed E-state index contributed by atoms with van der Waals surface area (Å²) in [5.74, 6) is -1.81. The quantitative estimate of drug-likeness (QED) is 0.663. The minimum atomic E-state index is -0.935. The number of carboxylic acid groups (broad SMARTS) is 2. The molecule has 0 amide bonds. The van der Waals surface area contributed by atoms with Gasteiger partial charge in [-0.15, -0.1) is 0 Å². The summed E-state index contributed by atoms with van der Waals surface area (Å²) < 4.78 is 0. The Balaban J connectivity index is 0. The van der Waals surface area contributed by atoms with Crippen LogP contribution in [0.25, 0.3) is 0 Å². The van der Waals surface area contributed by atoms with Crippen LogP contribution in [-0.2, 0) is 9.59 Å². The molecule has 0 unspecified atom stereocenters. The van der Waals surface area contributed by atoms with Crippen LogP contribution in [0.4, 0.5) is 0 Å². The predicted octanol–water partition coefficient (Wildman–Crippen LogP) is 2.40. The summed E-state index contributed by atoms with van der Waals surface area (Å²) in [5, 5.41) is 16.4. The van der Waals surface area contributed by atoms with E-state index in [0.29, 0.717) is 12.0 Å². The zero-order valence-electron chi connectivity index (χ0n) is 12.1. The van der Waals surface area contributed by atoms with Crippen LogP contribution in [0.15, 0.2) is 24.3 Å². The van der Waals surface area contributed by atoms with Gasteiger partial charge in [0.1, 0.15) is 0 Å². The topological polar surface area (TPSA) is 77.8 Å². The lowest BCUT2D eigenvalue weighted by atomic mass is 10.1. The first-order valence-corrected chi connectivity index (χ1v) is 6.28. The number of hydrogen-bond donors (Lipinski definition) is 2. The first-order chi connectivity index (χ1) is 8.76. The van der Waals surface area contributed by atoms with Crippen LogP contribution in [0.5, 0.6) is 0 Å².